The molecule has 0 spiro atoms. The summed E-state index contributed by atoms with van der Waals surface area (Å²) in [6.45, 7) is 2.02. The molecule has 0 aliphatic heterocycles. The fourth-order valence-electron chi connectivity index (χ4n) is 1.08. The molecule has 0 N–H and O–H groups in total. The van der Waals surface area contributed by atoms with E-state index >= 15 is 0 Å². The normalized spacial score (nSPS) is 17.8. The zero-order chi connectivity index (χ0) is 9.73. The molecule has 2 nitrogen and oxygen atoms in total. The summed E-state index contributed by atoms with van der Waals surface area (Å²) in [5, 5.41) is 0. The smallest absolute Gasteiger partial charge is 0.361 e. The summed E-state index contributed by atoms with van der Waals surface area (Å²) in [5.41, 5.74) is 2.07. The Morgan fingerprint density at radius 2 is 1.69 bits per heavy atom. The molecule has 13 heavy (non-hydrogen) atoms. The maximum absolute atomic E-state index is 5.33. The Morgan fingerprint density at radius 1 is 1.15 bits per heavy atom. The fourth-order valence-corrected chi connectivity index (χ4v) is 2.09. The lowest BCUT2D eigenvalue weighted by molar-refractivity contribution is 0.263. The Labute approximate surface area is 80.8 Å². The first-order valence-electron chi connectivity index (χ1n) is 4.35. The van der Waals surface area contributed by atoms with Crippen molar-refractivity contribution in [3.8, 4) is 0 Å². The van der Waals surface area contributed by atoms with Crippen LogP contribution in [0.1, 0.15) is 0 Å². The molecule has 1 rings (SSSR count). The van der Waals surface area contributed by atoms with Gasteiger partial charge in [-0.3, -0.25) is 0 Å². The Kier molecular flexibility index (Phi) is 3.66. The van der Waals surface area contributed by atoms with Crippen LogP contribution < -0.4 is 0 Å². The standard InChI is InChI=1S/C10H16O2Si/c1-11-13(3,12-2)9-8-10-6-4-5-7-10/h4-10H,1-3H3/b9-8-. The third kappa shape index (κ3) is 2.95. The molecular formula is C10H16O2Si. The zero-order valence-corrected chi connectivity index (χ0v) is 9.36. The van der Waals surface area contributed by atoms with Crippen molar-refractivity contribution in [1.29, 1.82) is 0 Å². The highest BCUT2D eigenvalue weighted by molar-refractivity contribution is 6.71. The summed E-state index contributed by atoms with van der Waals surface area (Å²) in [7, 11) is 1.38. The van der Waals surface area contributed by atoms with Crippen LogP contribution in [0.15, 0.2) is 36.1 Å². The molecule has 0 aromatic carbocycles. The van der Waals surface area contributed by atoms with Gasteiger partial charge in [-0.25, -0.2) is 0 Å². The molecule has 0 saturated carbocycles. The second-order valence-electron chi connectivity index (χ2n) is 3.13. The van der Waals surface area contributed by atoms with E-state index in [4.69, 9.17) is 8.85 Å². The van der Waals surface area contributed by atoms with E-state index in [1.165, 1.54) is 0 Å². The second-order valence-corrected chi connectivity index (χ2v) is 6.31. The van der Waals surface area contributed by atoms with Crippen LogP contribution in [0.3, 0.4) is 0 Å². The van der Waals surface area contributed by atoms with Crippen molar-refractivity contribution in [1.82, 2.24) is 0 Å². The average molecular weight is 196 g/mol. The van der Waals surface area contributed by atoms with Crippen LogP contribution in [0.5, 0.6) is 0 Å². The molecular weight excluding hydrogens is 180 g/mol. The zero-order valence-electron chi connectivity index (χ0n) is 8.36. The van der Waals surface area contributed by atoms with Gasteiger partial charge < -0.3 is 8.85 Å². The summed E-state index contributed by atoms with van der Waals surface area (Å²) >= 11 is 0. The third-order valence-corrected chi connectivity index (χ3v) is 4.63. The van der Waals surface area contributed by atoms with Gasteiger partial charge in [0.2, 0.25) is 0 Å². The SMILES string of the molecule is CO[Si](C)(/C=C\C1C=CC=C1)OC. The van der Waals surface area contributed by atoms with E-state index in [9.17, 15) is 0 Å². The maximum Gasteiger partial charge on any atom is 0.361 e. The molecule has 0 unspecified atom stereocenters. The monoisotopic (exact) mass is 196 g/mol. The van der Waals surface area contributed by atoms with E-state index < -0.39 is 8.56 Å². The molecule has 0 atom stereocenters. The van der Waals surface area contributed by atoms with E-state index in [1.807, 2.05) is 18.7 Å². The van der Waals surface area contributed by atoms with Gasteiger partial charge in [-0.05, 0) is 12.2 Å². The first kappa shape index (κ1) is 10.4. The number of allylic oxidation sites excluding steroid dienone is 5. The van der Waals surface area contributed by atoms with Crippen molar-refractivity contribution in [2.45, 2.75) is 6.55 Å². The quantitative estimate of drug-likeness (QED) is 0.642. The van der Waals surface area contributed by atoms with Gasteiger partial charge in [-0.15, -0.1) is 0 Å². The Hall–Kier alpha value is -0.643. The van der Waals surface area contributed by atoms with E-state index in [0.29, 0.717) is 5.92 Å². The third-order valence-electron chi connectivity index (χ3n) is 2.21. The predicted octanol–water partition coefficient (Wildman–Crippen LogP) is 2.19. The van der Waals surface area contributed by atoms with Crippen LogP contribution in [-0.2, 0) is 8.85 Å². The molecule has 3 heteroatoms. The Morgan fingerprint density at radius 3 is 2.15 bits per heavy atom. The molecule has 0 saturated heterocycles. The van der Waals surface area contributed by atoms with Gasteiger partial charge in [0.25, 0.3) is 0 Å². The van der Waals surface area contributed by atoms with Gasteiger partial charge in [0.1, 0.15) is 0 Å². The van der Waals surface area contributed by atoms with Gasteiger partial charge in [-0.1, -0.05) is 30.4 Å². The van der Waals surface area contributed by atoms with Crippen LogP contribution in [0.25, 0.3) is 0 Å². The number of hydrogen-bond acceptors (Lipinski definition) is 2. The average Bonchev–Trinajstić information content (AvgIpc) is 2.67. The molecule has 0 bridgehead atoms. The molecule has 0 fully saturated rings. The van der Waals surface area contributed by atoms with Gasteiger partial charge in [0.05, 0.1) is 0 Å². The maximum atomic E-state index is 5.33. The summed E-state index contributed by atoms with van der Waals surface area (Å²) in [4.78, 5) is 0. The molecule has 0 aromatic heterocycles. The molecule has 0 aromatic rings. The second kappa shape index (κ2) is 4.55. The largest absolute Gasteiger partial charge is 0.395 e. The van der Waals surface area contributed by atoms with E-state index in [1.54, 1.807) is 14.2 Å². The fraction of sp³-hybridized carbons (Fsp3) is 0.400. The first-order valence-corrected chi connectivity index (χ1v) is 6.74. The van der Waals surface area contributed by atoms with Gasteiger partial charge in [-0.2, -0.15) is 0 Å². The lowest BCUT2D eigenvalue weighted by atomic mass is 10.2. The van der Waals surface area contributed by atoms with Crippen molar-refractivity contribution in [3.63, 3.8) is 0 Å². The highest BCUT2D eigenvalue weighted by Crippen LogP contribution is 2.13. The van der Waals surface area contributed by atoms with Crippen LogP contribution in [0.4, 0.5) is 0 Å². The summed E-state index contributed by atoms with van der Waals surface area (Å²) in [6.07, 6.45) is 10.5. The van der Waals surface area contributed by atoms with Crippen LogP contribution in [0.2, 0.25) is 6.55 Å². The number of hydrogen-bond donors (Lipinski definition) is 0. The molecule has 1 aliphatic rings. The summed E-state index contributed by atoms with van der Waals surface area (Å²) in [6, 6.07) is 0. The van der Waals surface area contributed by atoms with Crippen molar-refractivity contribution in [2.75, 3.05) is 14.2 Å². The molecule has 1 aliphatic carbocycles. The van der Waals surface area contributed by atoms with Gasteiger partial charge in [0.15, 0.2) is 0 Å². The summed E-state index contributed by atoms with van der Waals surface area (Å²) < 4.78 is 10.7. The molecule has 0 radical (unpaired) electrons. The van der Waals surface area contributed by atoms with Crippen LogP contribution in [0, 0.1) is 5.92 Å². The first-order chi connectivity index (χ1) is 6.20. The molecule has 72 valence electrons. The predicted molar refractivity (Wildman–Crippen MR) is 56.5 cm³/mol. The lowest BCUT2D eigenvalue weighted by Gasteiger charge is -2.18. The van der Waals surface area contributed by atoms with Crippen LogP contribution >= 0.6 is 0 Å². The van der Waals surface area contributed by atoms with E-state index in [0.717, 1.165) is 0 Å². The minimum absolute atomic E-state index is 0.414. The van der Waals surface area contributed by atoms with Gasteiger partial charge in [0, 0.05) is 20.1 Å². The van der Waals surface area contributed by atoms with Crippen molar-refractivity contribution >= 4 is 8.56 Å². The van der Waals surface area contributed by atoms with E-state index in [2.05, 4.69) is 23.9 Å². The van der Waals surface area contributed by atoms with Crippen LogP contribution in [-0.4, -0.2) is 22.8 Å². The number of rotatable bonds is 4. The lowest BCUT2D eigenvalue weighted by Crippen LogP contribution is -2.33. The highest BCUT2D eigenvalue weighted by Gasteiger charge is 2.24. The summed E-state index contributed by atoms with van der Waals surface area (Å²) in [5.74, 6) is 0.414. The molecule has 0 amide bonds. The Bertz CT molecular complexity index is 227. The molecule has 0 heterocycles. The van der Waals surface area contributed by atoms with Gasteiger partial charge >= 0.3 is 8.56 Å². The Balaban J connectivity index is 2.54. The van der Waals surface area contributed by atoms with Crippen molar-refractivity contribution in [2.24, 2.45) is 5.92 Å². The highest BCUT2D eigenvalue weighted by atomic mass is 28.4. The minimum atomic E-state index is -2.01. The van der Waals surface area contributed by atoms with E-state index in [-0.39, 0.29) is 0 Å². The topological polar surface area (TPSA) is 18.5 Å². The minimum Gasteiger partial charge on any atom is -0.395 e. The van der Waals surface area contributed by atoms with Crippen molar-refractivity contribution < 1.29 is 8.85 Å². The van der Waals surface area contributed by atoms with Crippen molar-refractivity contribution in [3.05, 3.63) is 36.1 Å².